The fraction of sp³-hybridized carbons (Fsp3) is 0.526. The first kappa shape index (κ1) is 16.3. The maximum Gasteiger partial charge on any atom is 0.255 e. The fourth-order valence-corrected chi connectivity index (χ4v) is 4.38. The standard InChI is InChI=1S/C19H23N3O3/c20-15-3-1-2-12(15)8-11-4-5-14-13(9-11)10-22(19(14)25)16-6-7-17(23)21-18(16)24/h4-5,9,12,15-16H,1-3,6-8,10,20H2,(H,21,23,24)/t12-,15+,16?/m1/s1. The van der Waals surface area contributed by atoms with Crippen LogP contribution in [0.4, 0.5) is 0 Å². The van der Waals surface area contributed by atoms with E-state index in [9.17, 15) is 14.4 Å². The lowest BCUT2D eigenvalue weighted by Crippen LogP contribution is -2.52. The number of nitrogens with one attached hydrogen (secondary N) is 1. The normalized spacial score (nSPS) is 29.1. The number of hydrogen-bond acceptors (Lipinski definition) is 4. The van der Waals surface area contributed by atoms with E-state index in [-0.39, 0.29) is 30.2 Å². The second kappa shape index (κ2) is 6.26. The number of piperidine rings is 1. The van der Waals surface area contributed by atoms with Crippen molar-refractivity contribution in [3.05, 3.63) is 34.9 Å². The van der Waals surface area contributed by atoms with E-state index in [4.69, 9.17) is 5.73 Å². The van der Waals surface area contributed by atoms with Crippen molar-refractivity contribution in [2.75, 3.05) is 0 Å². The van der Waals surface area contributed by atoms with Gasteiger partial charge in [-0.05, 0) is 48.8 Å². The van der Waals surface area contributed by atoms with Crippen molar-refractivity contribution in [3.8, 4) is 0 Å². The molecular weight excluding hydrogens is 318 g/mol. The molecule has 132 valence electrons. The molecule has 2 heterocycles. The number of benzene rings is 1. The smallest absolute Gasteiger partial charge is 0.255 e. The minimum atomic E-state index is -0.552. The van der Waals surface area contributed by atoms with Crippen LogP contribution in [0.25, 0.3) is 0 Å². The van der Waals surface area contributed by atoms with Crippen molar-refractivity contribution < 1.29 is 14.4 Å². The molecule has 2 fully saturated rings. The molecule has 0 bridgehead atoms. The van der Waals surface area contributed by atoms with E-state index in [0.29, 0.717) is 24.4 Å². The van der Waals surface area contributed by atoms with E-state index in [1.165, 1.54) is 18.4 Å². The highest BCUT2D eigenvalue weighted by Gasteiger charge is 2.39. The third-order valence-corrected chi connectivity index (χ3v) is 5.80. The van der Waals surface area contributed by atoms with E-state index < -0.39 is 6.04 Å². The van der Waals surface area contributed by atoms with Crippen molar-refractivity contribution in [1.82, 2.24) is 10.2 Å². The maximum absolute atomic E-state index is 12.7. The molecule has 1 unspecified atom stereocenters. The van der Waals surface area contributed by atoms with Gasteiger partial charge in [0, 0.05) is 24.6 Å². The lowest BCUT2D eigenvalue weighted by Gasteiger charge is -2.29. The summed E-state index contributed by atoms with van der Waals surface area (Å²) in [6.07, 6.45) is 5.08. The first-order valence-corrected chi connectivity index (χ1v) is 9.05. The van der Waals surface area contributed by atoms with Crippen molar-refractivity contribution in [3.63, 3.8) is 0 Å². The highest BCUT2D eigenvalue weighted by molar-refractivity contribution is 6.05. The Morgan fingerprint density at radius 2 is 2.00 bits per heavy atom. The Balaban J connectivity index is 1.51. The molecule has 0 radical (unpaired) electrons. The van der Waals surface area contributed by atoms with E-state index in [2.05, 4.69) is 11.4 Å². The number of nitrogens with zero attached hydrogens (tertiary/aromatic N) is 1. The van der Waals surface area contributed by atoms with Crippen LogP contribution in [0.15, 0.2) is 18.2 Å². The van der Waals surface area contributed by atoms with Gasteiger partial charge in [0.25, 0.3) is 5.91 Å². The zero-order chi connectivity index (χ0) is 17.6. The highest BCUT2D eigenvalue weighted by Crippen LogP contribution is 2.31. The summed E-state index contributed by atoms with van der Waals surface area (Å²) in [5, 5.41) is 2.33. The van der Waals surface area contributed by atoms with Crippen LogP contribution in [-0.4, -0.2) is 34.7 Å². The first-order chi connectivity index (χ1) is 12.0. The number of carbonyl (C=O) groups is 3. The van der Waals surface area contributed by atoms with Crippen molar-refractivity contribution in [1.29, 1.82) is 0 Å². The zero-order valence-electron chi connectivity index (χ0n) is 14.2. The predicted molar refractivity (Wildman–Crippen MR) is 91.5 cm³/mol. The minimum Gasteiger partial charge on any atom is -0.327 e. The number of amides is 3. The molecule has 0 spiro atoms. The van der Waals surface area contributed by atoms with Crippen molar-refractivity contribution in [2.24, 2.45) is 11.7 Å². The van der Waals surface area contributed by atoms with Gasteiger partial charge in [-0.1, -0.05) is 18.6 Å². The Labute approximate surface area is 146 Å². The minimum absolute atomic E-state index is 0.117. The van der Waals surface area contributed by atoms with Gasteiger partial charge in [-0.2, -0.15) is 0 Å². The molecule has 1 saturated heterocycles. The molecule has 2 aliphatic heterocycles. The largest absolute Gasteiger partial charge is 0.327 e. The Bertz CT molecular complexity index is 745. The number of nitrogens with two attached hydrogens (primary N) is 1. The lowest BCUT2D eigenvalue weighted by molar-refractivity contribution is -0.136. The van der Waals surface area contributed by atoms with Gasteiger partial charge in [-0.3, -0.25) is 19.7 Å². The summed E-state index contributed by atoms with van der Waals surface area (Å²) >= 11 is 0. The number of imide groups is 1. The molecule has 6 nitrogen and oxygen atoms in total. The first-order valence-electron chi connectivity index (χ1n) is 9.05. The summed E-state index contributed by atoms with van der Waals surface area (Å²) in [5.41, 5.74) is 9.02. The second-order valence-corrected chi connectivity index (χ2v) is 7.45. The molecule has 6 heteroatoms. The molecule has 3 atom stereocenters. The molecule has 1 aromatic rings. The molecule has 25 heavy (non-hydrogen) atoms. The second-order valence-electron chi connectivity index (χ2n) is 7.45. The average molecular weight is 341 g/mol. The molecular formula is C19H23N3O3. The maximum atomic E-state index is 12.7. The topological polar surface area (TPSA) is 92.5 Å². The van der Waals surface area contributed by atoms with Gasteiger partial charge in [-0.25, -0.2) is 0 Å². The van der Waals surface area contributed by atoms with E-state index in [0.717, 1.165) is 18.4 Å². The monoisotopic (exact) mass is 341 g/mol. The molecule has 3 aliphatic rings. The SMILES string of the molecule is N[C@H]1CCC[C@@H]1Cc1ccc2c(c1)CN(C1CCC(=O)NC1=O)C2=O. The zero-order valence-corrected chi connectivity index (χ0v) is 14.2. The van der Waals surface area contributed by atoms with Gasteiger partial charge in [-0.15, -0.1) is 0 Å². The summed E-state index contributed by atoms with van der Waals surface area (Å²) in [4.78, 5) is 37.7. The highest BCUT2D eigenvalue weighted by atomic mass is 16.2. The number of carbonyl (C=O) groups excluding carboxylic acids is 3. The quantitative estimate of drug-likeness (QED) is 0.806. The average Bonchev–Trinajstić information content (AvgIpc) is 3.12. The van der Waals surface area contributed by atoms with Crippen molar-refractivity contribution >= 4 is 17.7 Å². The molecule has 1 aliphatic carbocycles. The fourth-order valence-electron chi connectivity index (χ4n) is 4.38. The van der Waals surface area contributed by atoms with E-state index in [1.54, 1.807) is 4.90 Å². The van der Waals surface area contributed by atoms with Crippen LogP contribution in [0.2, 0.25) is 0 Å². The van der Waals surface area contributed by atoms with E-state index >= 15 is 0 Å². The summed E-state index contributed by atoms with van der Waals surface area (Å²) in [6.45, 7) is 0.436. The molecule has 1 aromatic carbocycles. The van der Waals surface area contributed by atoms with Crippen LogP contribution >= 0.6 is 0 Å². The number of fused-ring (bicyclic) bond motifs is 1. The third-order valence-electron chi connectivity index (χ3n) is 5.80. The summed E-state index contributed by atoms with van der Waals surface area (Å²) in [5.74, 6) is -0.231. The summed E-state index contributed by atoms with van der Waals surface area (Å²) in [7, 11) is 0. The van der Waals surface area contributed by atoms with E-state index in [1.807, 2.05) is 12.1 Å². The lowest BCUT2D eigenvalue weighted by atomic mass is 9.93. The molecule has 3 amide bonds. The van der Waals surface area contributed by atoms with Crippen molar-refractivity contribution in [2.45, 2.75) is 57.2 Å². The Hall–Kier alpha value is -2.21. The van der Waals surface area contributed by atoms with Crippen LogP contribution in [-0.2, 0) is 22.6 Å². The molecule has 3 N–H and O–H groups in total. The molecule has 1 saturated carbocycles. The van der Waals surface area contributed by atoms with Crippen LogP contribution in [0, 0.1) is 5.92 Å². The van der Waals surface area contributed by atoms with Gasteiger partial charge in [0.1, 0.15) is 6.04 Å². The number of hydrogen-bond donors (Lipinski definition) is 2. The van der Waals surface area contributed by atoms with Crippen LogP contribution in [0.3, 0.4) is 0 Å². The Morgan fingerprint density at radius 3 is 2.72 bits per heavy atom. The summed E-state index contributed by atoms with van der Waals surface area (Å²) < 4.78 is 0. The summed E-state index contributed by atoms with van der Waals surface area (Å²) in [6, 6.07) is 5.69. The van der Waals surface area contributed by atoms with Gasteiger partial charge in [0.2, 0.25) is 11.8 Å². The third kappa shape index (κ3) is 2.95. The number of rotatable bonds is 3. The van der Waals surface area contributed by atoms with Crippen LogP contribution in [0.1, 0.15) is 53.6 Å². The molecule has 4 rings (SSSR count). The van der Waals surface area contributed by atoms with Gasteiger partial charge in [0.05, 0.1) is 0 Å². The van der Waals surface area contributed by atoms with Gasteiger partial charge in [0.15, 0.2) is 0 Å². The molecule has 0 aromatic heterocycles. The Morgan fingerprint density at radius 1 is 1.16 bits per heavy atom. The van der Waals surface area contributed by atoms with Gasteiger partial charge < -0.3 is 10.6 Å². The van der Waals surface area contributed by atoms with Gasteiger partial charge >= 0.3 is 0 Å². The predicted octanol–water partition coefficient (Wildman–Crippen LogP) is 1.12. The Kier molecular flexibility index (Phi) is 4.07. The van der Waals surface area contributed by atoms with Crippen LogP contribution in [0.5, 0.6) is 0 Å². The van der Waals surface area contributed by atoms with Crippen LogP contribution < -0.4 is 11.1 Å².